The van der Waals surface area contributed by atoms with E-state index in [0.29, 0.717) is 0 Å². The Kier molecular flexibility index (Phi) is 2.67. The SMILES string of the molecule is NC1(c2cn(CC3CC3)nn2)CCC(O)CC1. The van der Waals surface area contributed by atoms with Crippen molar-refractivity contribution in [3.05, 3.63) is 11.9 Å². The Bertz CT molecular complexity index is 391. The minimum atomic E-state index is -0.374. The Balaban J connectivity index is 1.71. The van der Waals surface area contributed by atoms with Crippen LogP contribution in [0.2, 0.25) is 0 Å². The van der Waals surface area contributed by atoms with Gasteiger partial charge in [-0.15, -0.1) is 5.10 Å². The minimum Gasteiger partial charge on any atom is -0.393 e. The lowest BCUT2D eigenvalue weighted by Crippen LogP contribution is -2.42. The molecule has 1 aromatic heterocycles. The number of nitrogens with two attached hydrogens (primary N) is 1. The highest BCUT2D eigenvalue weighted by Crippen LogP contribution is 2.34. The average Bonchev–Trinajstić information content (AvgIpc) is 2.99. The van der Waals surface area contributed by atoms with Crippen LogP contribution in [0.1, 0.15) is 44.2 Å². The molecule has 0 aromatic carbocycles. The molecule has 0 unspecified atom stereocenters. The molecule has 3 rings (SSSR count). The summed E-state index contributed by atoms with van der Waals surface area (Å²) in [6.45, 7) is 0.978. The van der Waals surface area contributed by atoms with Crippen LogP contribution >= 0.6 is 0 Å². The molecule has 2 fully saturated rings. The molecule has 2 aliphatic rings. The van der Waals surface area contributed by atoms with Gasteiger partial charge in [0.15, 0.2) is 0 Å². The van der Waals surface area contributed by atoms with Crippen molar-refractivity contribution in [3.63, 3.8) is 0 Å². The third-order valence-electron chi connectivity index (χ3n) is 4.04. The van der Waals surface area contributed by atoms with Crippen molar-refractivity contribution in [2.75, 3.05) is 0 Å². The quantitative estimate of drug-likeness (QED) is 0.813. The zero-order chi connectivity index (χ0) is 11.9. The van der Waals surface area contributed by atoms with Gasteiger partial charge in [-0.25, -0.2) is 0 Å². The summed E-state index contributed by atoms with van der Waals surface area (Å²) in [5.74, 6) is 0.798. The van der Waals surface area contributed by atoms with Crippen LogP contribution < -0.4 is 5.73 Å². The van der Waals surface area contributed by atoms with Crippen LogP contribution in [0.3, 0.4) is 0 Å². The van der Waals surface area contributed by atoms with Gasteiger partial charge < -0.3 is 10.8 Å². The van der Waals surface area contributed by atoms with Gasteiger partial charge in [0.2, 0.25) is 0 Å². The summed E-state index contributed by atoms with van der Waals surface area (Å²) < 4.78 is 1.92. The average molecular weight is 236 g/mol. The molecule has 0 atom stereocenters. The molecule has 0 spiro atoms. The number of rotatable bonds is 3. The Morgan fingerprint density at radius 3 is 2.71 bits per heavy atom. The molecule has 1 aromatic rings. The number of hydrogen-bond acceptors (Lipinski definition) is 4. The zero-order valence-electron chi connectivity index (χ0n) is 10.0. The second kappa shape index (κ2) is 4.07. The van der Waals surface area contributed by atoms with Crippen LogP contribution in [0.4, 0.5) is 0 Å². The third kappa shape index (κ3) is 2.35. The molecular weight excluding hydrogens is 216 g/mol. The van der Waals surface area contributed by atoms with E-state index in [0.717, 1.165) is 43.8 Å². The van der Waals surface area contributed by atoms with E-state index in [1.807, 2.05) is 10.9 Å². The molecule has 3 N–H and O–H groups in total. The Morgan fingerprint density at radius 1 is 1.35 bits per heavy atom. The maximum absolute atomic E-state index is 9.52. The summed E-state index contributed by atoms with van der Waals surface area (Å²) in [7, 11) is 0. The van der Waals surface area contributed by atoms with E-state index in [9.17, 15) is 5.11 Å². The summed E-state index contributed by atoms with van der Waals surface area (Å²) >= 11 is 0. The minimum absolute atomic E-state index is 0.187. The fourth-order valence-corrected chi connectivity index (χ4v) is 2.55. The third-order valence-corrected chi connectivity index (χ3v) is 4.04. The van der Waals surface area contributed by atoms with Crippen LogP contribution in [0.15, 0.2) is 6.20 Å². The summed E-state index contributed by atoms with van der Waals surface area (Å²) in [5.41, 5.74) is 6.90. The van der Waals surface area contributed by atoms with Crippen molar-refractivity contribution in [1.82, 2.24) is 15.0 Å². The van der Waals surface area contributed by atoms with Crippen molar-refractivity contribution in [2.45, 2.75) is 56.7 Å². The van der Waals surface area contributed by atoms with Gasteiger partial charge in [-0.1, -0.05) is 5.21 Å². The van der Waals surface area contributed by atoms with Gasteiger partial charge in [-0.05, 0) is 44.4 Å². The Hall–Kier alpha value is -0.940. The predicted molar refractivity (Wildman–Crippen MR) is 63.1 cm³/mol. The molecule has 5 heteroatoms. The first-order chi connectivity index (χ1) is 8.16. The van der Waals surface area contributed by atoms with Crippen molar-refractivity contribution in [3.8, 4) is 0 Å². The Morgan fingerprint density at radius 2 is 2.06 bits per heavy atom. The number of aromatic nitrogens is 3. The Labute approximate surface area is 101 Å². The largest absolute Gasteiger partial charge is 0.393 e. The second-order valence-electron chi connectivity index (χ2n) is 5.66. The molecular formula is C12H20N4O. The molecule has 2 saturated carbocycles. The summed E-state index contributed by atoms with van der Waals surface area (Å²) in [6, 6.07) is 0. The van der Waals surface area contributed by atoms with Crippen LogP contribution in [0, 0.1) is 5.92 Å². The molecule has 0 bridgehead atoms. The van der Waals surface area contributed by atoms with Gasteiger partial charge >= 0.3 is 0 Å². The van der Waals surface area contributed by atoms with Crippen molar-refractivity contribution in [2.24, 2.45) is 11.7 Å². The standard InChI is InChI=1S/C12H20N4O/c13-12(5-3-10(17)4-6-12)11-8-16(15-14-11)7-9-1-2-9/h8-10,17H,1-7,13H2. The zero-order valence-corrected chi connectivity index (χ0v) is 10.0. The van der Waals surface area contributed by atoms with Gasteiger partial charge in [-0.2, -0.15) is 0 Å². The first kappa shape index (κ1) is 11.2. The van der Waals surface area contributed by atoms with E-state index in [4.69, 9.17) is 5.73 Å². The topological polar surface area (TPSA) is 77.0 Å². The number of nitrogens with zero attached hydrogens (tertiary/aromatic N) is 3. The fraction of sp³-hybridized carbons (Fsp3) is 0.833. The fourth-order valence-electron chi connectivity index (χ4n) is 2.55. The van der Waals surface area contributed by atoms with Gasteiger partial charge in [0.05, 0.1) is 17.8 Å². The monoisotopic (exact) mass is 236 g/mol. The van der Waals surface area contributed by atoms with E-state index in [1.54, 1.807) is 0 Å². The smallest absolute Gasteiger partial charge is 0.102 e. The number of hydrogen-bond donors (Lipinski definition) is 2. The molecule has 94 valence electrons. The van der Waals surface area contributed by atoms with E-state index < -0.39 is 0 Å². The second-order valence-corrected chi connectivity index (χ2v) is 5.66. The summed E-state index contributed by atoms with van der Waals surface area (Å²) in [4.78, 5) is 0. The van der Waals surface area contributed by atoms with Crippen LogP contribution in [0.25, 0.3) is 0 Å². The molecule has 5 nitrogen and oxygen atoms in total. The van der Waals surface area contributed by atoms with Crippen molar-refractivity contribution >= 4 is 0 Å². The van der Waals surface area contributed by atoms with Crippen molar-refractivity contribution < 1.29 is 5.11 Å². The van der Waals surface area contributed by atoms with Crippen LogP contribution in [-0.4, -0.2) is 26.2 Å². The number of aliphatic hydroxyl groups excluding tert-OH is 1. The molecule has 17 heavy (non-hydrogen) atoms. The summed E-state index contributed by atoms with van der Waals surface area (Å²) in [5, 5.41) is 17.9. The van der Waals surface area contributed by atoms with E-state index in [-0.39, 0.29) is 11.6 Å². The molecule has 0 aliphatic heterocycles. The lowest BCUT2D eigenvalue weighted by atomic mass is 9.79. The predicted octanol–water partition coefficient (Wildman–Crippen LogP) is 0.777. The van der Waals surface area contributed by atoms with Gasteiger partial charge in [0, 0.05) is 6.54 Å². The van der Waals surface area contributed by atoms with Gasteiger partial charge in [0.25, 0.3) is 0 Å². The first-order valence-corrected chi connectivity index (χ1v) is 6.53. The highest BCUT2D eigenvalue weighted by atomic mass is 16.3. The van der Waals surface area contributed by atoms with E-state index in [1.165, 1.54) is 12.8 Å². The molecule has 0 amide bonds. The molecule has 0 saturated heterocycles. The van der Waals surface area contributed by atoms with Crippen LogP contribution in [0.5, 0.6) is 0 Å². The normalized spacial score (nSPS) is 33.9. The van der Waals surface area contributed by atoms with Gasteiger partial charge in [0.1, 0.15) is 5.69 Å². The van der Waals surface area contributed by atoms with E-state index in [2.05, 4.69) is 10.3 Å². The lowest BCUT2D eigenvalue weighted by Gasteiger charge is -2.33. The van der Waals surface area contributed by atoms with Crippen molar-refractivity contribution in [1.29, 1.82) is 0 Å². The lowest BCUT2D eigenvalue weighted by molar-refractivity contribution is 0.0956. The number of aliphatic hydroxyl groups is 1. The highest BCUT2D eigenvalue weighted by Gasteiger charge is 2.35. The maximum Gasteiger partial charge on any atom is 0.102 e. The van der Waals surface area contributed by atoms with Gasteiger partial charge in [-0.3, -0.25) is 4.68 Å². The highest BCUT2D eigenvalue weighted by molar-refractivity contribution is 5.11. The molecule has 1 heterocycles. The maximum atomic E-state index is 9.52. The molecule has 2 aliphatic carbocycles. The van der Waals surface area contributed by atoms with E-state index >= 15 is 0 Å². The summed E-state index contributed by atoms with van der Waals surface area (Å²) in [6.07, 6.45) is 7.58. The molecule has 0 radical (unpaired) electrons. The van der Waals surface area contributed by atoms with Crippen LogP contribution in [-0.2, 0) is 12.1 Å². The first-order valence-electron chi connectivity index (χ1n) is 6.53.